The van der Waals surface area contributed by atoms with Gasteiger partial charge in [0.15, 0.2) is 9.84 Å². The molecule has 1 N–H and O–H groups in total. The number of nitrogens with zero attached hydrogens (tertiary/aromatic N) is 1. The quantitative estimate of drug-likeness (QED) is 0.426. The molecule has 1 aliphatic rings. The van der Waals surface area contributed by atoms with E-state index in [1.54, 1.807) is 12.1 Å². The number of rotatable bonds is 7. The molecule has 3 aromatic carbocycles. The molecule has 9 heteroatoms. The number of benzene rings is 3. The van der Waals surface area contributed by atoms with Gasteiger partial charge in [0.2, 0.25) is 0 Å². The largest absolute Gasteiger partial charge is 0.385 e. The molecule has 0 saturated carbocycles. The average Bonchev–Trinajstić information content (AvgIpc) is 2.73. The van der Waals surface area contributed by atoms with Crippen molar-refractivity contribution >= 4 is 33.0 Å². The minimum absolute atomic E-state index is 0.0204. The molecule has 34 heavy (non-hydrogen) atoms. The fourth-order valence-electron chi connectivity index (χ4n) is 4.74. The predicted molar refractivity (Wildman–Crippen MR) is 130 cm³/mol. The molecular weight excluding hydrogens is 503 g/mol. The lowest BCUT2D eigenvalue weighted by atomic mass is 9.82. The van der Waals surface area contributed by atoms with E-state index < -0.39 is 32.3 Å². The second-order valence-corrected chi connectivity index (χ2v) is 11.6. The Balaban J connectivity index is 1.70. The van der Waals surface area contributed by atoms with Gasteiger partial charge in [0.05, 0.1) is 6.04 Å². The van der Waals surface area contributed by atoms with E-state index in [-0.39, 0.29) is 24.7 Å². The topological polar surface area (TPSA) is 57.6 Å². The van der Waals surface area contributed by atoms with Gasteiger partial charge in [-0.15, -0.1) is 11.6 Å². The van der Waals surface area contributed by atoms with Crippen molar-refractivity contribution in [2.24, 2.45) is 0 Å². The molecule has 1 aliphatic heterocycles. The van der Waals surface area contributed by atoms with Crippen LogP contribution < -0.4 is 0 Å². The number of hydrogen-bond donors (Lipinski definition) is 1. The lowest BCUT2D eigenvalue weighted by Gasteiger charge is -2.53. The SMILES string of the molecule is CS(=O)(=O)[C@@H](c1cc(F)cc(F)c1)C1(O)CN(C(c2ccc(Cl)cc2)c2ccc(CCl)cc2)C1. The lowest BCUT2D eigenvalue weighted by molar-refractivity contribution is -0.112. The van der Waals surface area contributed by atoms with Crippen molar-refractivity contribution in [3.8, 4) is 0 Å². The van der Waals surface area contributed by atoms with E-state index in [4.69, 9.17) is 23.2 Å². The second-order valence-electron chi connectivity index (χ2n) is 8.75. The number of likely N-dealkylation sites (tertiary alicyclic amines) is 1. The van der Waals surface area contributed by atoms with Crippen LogP contribution in [-0.2, 0) is 15.7 Å². The molecular formula is C25H23Cl2F2NO3S. The van der Waals surface area contributed by atoms with E-state index in [9.17, 15) is 22.3 Å². The number of sulfone groups is 1. The first kappa shape index (κ1) is 25.1. The number of halogens is 4. The van der Waals surface area contributed by atoms with E-state index in [1.165, 1.54) is 0 Å². The number of hydrogen-bond acceptors (Lipinski definition) is 4. The zero-order valence-electron chi connectivity index (χ0n) is 18.3. The van der Waals surface area contributed by atoms with Crippen LogP contribution in [0.2, 0.25) is 5.02 Å². The lowest BCUT2D eigenvalue weighted by Crippen LogP contribution is -2.66. The number of alkyl halides is 1. The van der Waals surface area contributed by atoms with Crippen LogP contribution >= 0.6 is 23.2 Å². The molecule has 4 rings (SSSR count). The molecule has 1 saturated heterocycles. The standard InChI is InChI=1S/C25H23Cl2F2NO3S/c1-34(32,33)24(19-10-21(28)12-22(29)11-19)25(31)14-30(15-25)23(18-6-8-20(27)9-7-18)17-4-2-16(13-26)3-5-17/h2-12,23-24,31H,13-15H2,1H3/t23?,24-/m0/s1. The van der Waals surface area contributed by atoms with Crippen molar-refractivity contribution in [1.29, 1.82) is 0 Å². The maximum absolute atomic E-state index is 13.9. The van der Waals surface area contributed by atoms with Gasteiger partial charge in [-0.25, -0.2) is 17.2 Å². The van der Waals surface area contributed by atoms with Gasteiger partial charge in [-0.2, -0.15) is 0 Å². The molecule has 180 valence electrons. The van der Waals surface area contributed by atoms with Gasteiger partial charge >= 0.3 is 0 Å². The Morgan fingerprint density at radius 2 is 1.44 bits per heavy atom. The summed E-state index contributed by atoms with van der Waals surface area (Å²) in [6.07, 6.45) is 0.961. The maximum Gasteiger partial charge on any atom is 0.157 e. The molecule has 1 unspecified atom stereocenters. The zero-order valence-corrected chi connectivity index (χ0v) is 20.6. The molecule has 0 aromatic heterocycles. The van der Waals surface area contributed by atoms with Gasteiger partial charge in [-0.05, 0) is 46.5 Å². The Bertz CT molecular complexity index is 1260. The van der Waals surface area contributed by atoms with Crippen molar-refractivity contribution in [3.05, 3.63) is 106 Å². The van der Waals surface area contributed by atoms with Crippen LogP contribution in [0.15, 0.2) is 66.7 Å². The molecule has 0 radical (unpaired) electrons. The van der Waals surface area contributed by atoms with Gasteiger partial charge in [-0.1, -0.05) is 48.0 Å². The molecule has 3 aromatic rings. The molecule has 4 nitrogen and oxygen atoms in total. The van der Waals surface area contributed by atoms with E-state index in [0.29, 0.717) is 17.0 Å². The monoisotopic (exact) mass is 525 g/mol. The van der Waals surface area contributed by atoms with Crippen molar-refractivity contribution in [2.45, 2.75) is 22.8 Å². The Hall–Kier alpha value is -2.03. The summed E-state index contributed by atoms with van der Waals surface area (Å²) in [4.78, 5) is 1.92. The van der Waals surface area contributed by atoms with Gasteiger partial charge in [0.25, 0.3) is 0 Å². The van der Waals surface area contributed by atoms with Crippen LogP contribution in [0.5, 0.6) is 0 Å². The summed E-state index contributed by atoms with van der Waals surface area (Å²) in [5.74, 6) is -1.43. The van der Waals surface area contributed by atoms with E-state index in [2.05, 4.69) is 0 Å². The fraction of sp³-hybridized carbons (Fsp3) is 0.280. The van der Waals surface area contributed by atoms with Crippen LogP contribution in [0.1, 0.15) is 33.5 Å². The van der Waals surface area contributed by atoms with Crippen LogP contribution in [0.3, 0.4) is 0 Å². The summed E-state index contributed by atoms with van der Waals surface area (Å²) >= 11 is 12.0. The van der Waals surface area contributed by atoms with Crippen LogP contribution in [-0.4, -0.2) is 43.4 Å². The molecule has 0 spiro atoms. The first-order valence-electron chi connectivity index (χ1n) is 10.5. The minimum atomic E-state index is -3.91. The normalized spacial score (nSPS) is 17.7. The van der Waals surface area contributed by atoms with Gasteiger partial charge in [-0.3, -0.25) is 4.90 Å². The highest BCUT2D eigenvalue weighted by atomic mass is 35.5. The third-order valence-corrected chi connectivity index (χ3v) is 8.19. The fourth-order valence-corrected chi connectivity index (χ4v) is 6.62. The Morgan fingerprint density at radius 1 is 0.941 bits per heavy atom. The van der Waals surface area contributed by atoms with Crippen LogP contribution in [0, 0.1) is 11.6 Å². The Labute approximate surface area is 207 Å². The highest BCUT2D eigenvalue weighted by Crippen LogP contribution is 2.45. The molecule has 0 amide bonds. The van der Waals surface area contributed by atoms with Gasteiger partial charge in [0, 0.05) is 36.3 Å². The molecule has 1 heterocycles. The van der Waals surface area contributed by atoms with Crippen molar-refractivity contribution in [2.75, 3.05) is 19.3 Å². The van der Waals surface area contributed by atoms with Crippen molar-refractivity contribution < 1.29 is 22.3 Å². The summed E-state index contributed by atoms with van der Waals surface area (Å²) in [6.45, 7) is -0.0408. The molecule has 1 fully saturated rings. The third-order valence-electron chi connectivity index (χ3n) is 6.06. The summed E-state index contributed by atoms with van der Waals surface area (Å²) in [5, 5.41) is 10.5. The van der Waals surface area contributed by atoms with E-state index in [0.717, 1.165) is 35.1 Å². The summed E-state index contributed by atoms with van der Waals surface area (Å²) in [7, 11) is -3.91. The minimum Gasteiger partial charge on any atom is -0.385 e. The molecule has 0 aliphatic carbocycles. The van der Waals surface area contributed by atoms with Crippen molar-refractivity contribution in [1.82, 2.24) is 4.90 Å². The number of aliphatic hydroxyl groups is 1. The first-order chi connectivity index (χ1) is 16.0. The van der Waals surface area contributed by atoms with E-state index >= 15 is 0 Å². The van der Waals surface area contributed by atoms with Crippen LogP contribution in [0.4, 0.5) is 8.78 Å². The summed E-state index contributed by atoms with van der Waals surface area (Å²) in [6, 6.07) is 17.2. The zero-order chi connectivity index (χ0) is 24.7. The Morgan fingerprint density at radius 3 is 1.91 bits per heavy atom. The number of β-amino-alcohol motifs (C(OH)–C–C–N with tert-alkyl or cyclic N) is 1. The maximum atomic E-state index is 13.9. The highest BCUT2D eigenvalue weighted by molar-refractivity contribution is 7.91. The Kier molecular flexibility index (Phi) is 7.04. The first-order valence-corrected chi connectivity index (χ1v) is 13.4. The van der Waals surface area contributed by atoms with Gasteiger partial charge in [0.1, 0.15) is 22.5 Å². The van der Waals surface area contributed by atoms with E-state index in [1.807, 2.05) is 41.3 Å². The van der Waals surface area contributed by atoms with Crippen molar-refractivity contribution in [3.63, 3.8) is 0 Å². The smallest absolute Gasteiger partial charge is 0.157 e. The summed E-state index contributed by atoms with van der Waals surface area (Å²) in [5.41, 5.74) is 0.931. The second kappa shape index (κ2) is 9.55. The predicted octanol–water partition coefficient (Wildman–Crippen LogP) is 5.28. The highest BCUT2D eigenvalue weighted by Gasteiger charge is 2.54. The third kappa shape index (κ3) is 5.14. The molecule has 2 atom stereocenters. The summed E-state index contributed by atoms with van der Waals surface area (Å²) < 4.78 is 53.1. The molecule has 0 bridgehead atoms. The average molecular weight is 526 g/mol. The van der Waals surface area contributed by atoms with Gasteiger partial charge < -0.3 is 5.11 Å². The van der Waals surface area contributed by atoms with Crippen LogP contribution in [0.25, 0.3) is 0 Å².